The zero-order valence-electron chi connectivity index (χ0n) is 22.3. The second kappa shape index (κ2) is 13.2. The van der Waals surface area contributed by atoms with Crippen LogP contribution in [0.15, 0.2) is 36.4 Å². The van der Waals surface area contributed by atoms with E-state index < -0.39 is 61.6 Å². The van der Waals surface area contributed by atoms with Gasteiger partial charge in [0.15, 0.2) is 0 Å². The number of aryl methyl sites for hydroxylation is 2. The lowest BCUT2D eigenvalue weighted by Crippen LogP contribution is -2.54. The molecule has 2 aromatic carbocycles. The van der Waals surface area contributed by atoms with Crippen molar-refractivity contribution in [2.24, 2.45) is 0 Å². The molecule has 0 spiro atoms. The Morgan fingerprint density at radius 1 is 1.15 bits per heavy atom. The van der Waals surface area contributed by atoms with Gasteiger partial charge in [-0.2, -0.15) is 0 Å². The van der Waals surface area contributed by atoms with Crippen LogP contribution in [0.4, 0.5) is 11.4 Å². The number of carbonyl (C=O) groups excluding carboxylic acids is 4. The minimum atomic E-state index is -1.37. The van der Waals surface area contributed by atoms with Crippen LogP contribution in [0.5, 0.6) is 5.75 Å². The van der Waals surface area contributed by atoms with E-state index in [0.717, 1.165) is 16.0 Å². The summed E-state index contributed by atoms with van der Waals surface area (Å²) in [6.45, 7) is 1.85. The molecule has 0 radical (unpaired) electrons. The molecule has 0 bridgehead atoms. The van der Waals surface area contributed by atoms with E-state index in [4.69, 9.17) is 9.84 Å². The average Bonchev–Trinajstić information content (AvgIpc) is 3.02. The van der Waals surface area contributed by atoms with Gasteiger partial charge in [0.2, 0.25) is 11.8 Å². The molecule has 1 aliphatic heterocycles. The molecule has 1 heterocycles. The van der Waals surface area contributed by atoms with Gasteiger partial charge in [0.25, 0.3) is 5.91 Å². The van der Waals surface area contributed by atoms with Crippen LogP contribution < -0.4 is 25.2 Å². The summed E-state index contributed by atoms with van der Waals surface area (Å²) in [5, 5.41) is 34.7. The standard InChI is InChI=1S/C27H32N4O9/c1-15-8-17(9-16(2)25(15)40-3)26(38)29-19-11-30(23(35)14-33)20-6-4-5-7-21(20)31(27(19)39)12-22(34)28-18(13-32)10-24(36)37/h4-9,13,18-19,26,29,33,38H,10-12,14H2,1-3H3,(H,28,34)(H,36,37)/t18-,19-,26?/m0/s1. The Bertz CT molecular complexity index is 1280. The van der Waals surface area contributed by atoms with Gasteiger partial charge in [-0.25, -0.2) is 0 Å². The Balaban J connectivity index is 1.98. The maximum absolute atomic E-state index is 13.8. The van der Waals surface area contributed by atoms with Crippen molar-refractivity contribution >= 4 is 41.4 Å². The first-order valence-corrected chi connectivity index (χ1v) is 12.4. The number of fused-ring (bicyclic) bond motifs is 1. The predicted molar refractivity (Wildman–Crippen MR) is 143 cm³/mol. The first-order valence-electron chi connectivity index (χ1n) is 12.4. The molecule has 40 heavy (non-hydrogen) atoms. The molecule has 3 atom stereocenters. The van der Waals surface area contributed by atoms with Crippen LogP contribution in [0.3, 0.4) is 0 Å². The fourth-order valence-electron chi connectivity index (χ4n) is 4.66. The lowest BCUT2D eigenvalue weighted by Gasteiger charge is -2.27. The largest absolute Gasteiger partial charge is 0.496 e. The highest BCUT2D eigenvalue weighted by atomic mass is 16.5. The summed E-state index contributed by atoms with van der Waals surface area (Å²) in [4.78, 5) is 63.9. The van der Waals surface area contributed by atoms with Crippen LogP contribution in [0.2, 0.25) is 0 Å². The third kappa shape index (κ3) is 6.81. The minimum absolute atomic E-state index is 0.167. The van der Waals surface area contributed by atoms with Gasteiger partial charge in [-0.05, 0) is 54.8 Å². The number of ether oxygens (including phenoxy) is 1. The van der Waals surface area contributed by atoms with Crippen LogP contribution in [-0.2, 0) is 24.0 Å². The number of aliphatic hydroxyl groups excluding tert-OH is 2. The number of anilines is 2. The van der Waals surface area contributed by atoms with Crippen molar-refractivity contribution in [1.82, 2.24) is 10.6 Å². The van der Waals surface area contributed by atoms with E-state index >= 15 is 0 Å². The Morgan fingerprint density at radius 2 is 1.77 bits per heavy atom. The van der Waals surface area contributed by atoms with Crippen molar-refractivity contribution in [3.05, 3.63) is 53.1 Å². The normalized spacial score (nSPS) is 16.4. The first-order chi connectivity index (χ1) is 19.0. The molecule has 2 aromatic rings. The number of aliphatic carboxylic acids is 1. The van der Waals surface area contributed by atoms with Crippen LogP contribution in [-0.4, -0.2) is 84.2 Å². The lowest BCUT2D eigenvalue weighted by atomic mass is 10.0. The molecule has 3 rings (SSSR count). The Kier molecular flexibility index (Phi) is 9.93. The predicted octanol–water partition coefficient (Wildman–Crippen LogP) is -0.208. The Hall–Kier alpha value is -4.33. The summed E-state index contributed by atoms with van der Waals surface area (Å²) < 4.78 is 5.37. The number of rotatable bonds is 11. The molecular weight excluding hydrogens is 524 g/mol. The van der Waals surface area contributed by atoms with Crippen molar-refractivity contribution in [2.45, 2.75) is 38.6 Å². The number of benzene rings is 2. The fraction of sp³-hybridized carbons (Fsp3) is 0.370. The highest BCUT2D eigenvalue weighted by Gasteiger charge is 2.37. The number of aliphatic hydroxyl groups is 2. The highest BCUT2D eigenvalue weighted by molar-refractivity contribution is 6.09. The van der Waals surface area contributed by atoms with E-state index in [1.807, 2.05) is 0 Å². The number of nitrogens with one attached hydrogen (secondary N) is 2. The minimum Gasteiger partial charge on any atom is -0.496 e. The van der Waals surface area contributed by atoms with Gasteiger partial charge < -0.3 is 35.1 Å². The summed E-state index contributed by atoms with van der Waals surface area (Å²) in [7, 11) is 1.53. The number of nitrogens with zero attached hydrogens (tertiary/aromatic N) is 2. The molecule has 1 unspecified atom stereocenters. The molecule has 0 fully saturated rings. The number of aldehydes is 1. The molecule has 0 saturated carbocycles. The molecule has 214 valence electrons. The fourth-order valence-corrected chi connectivity index (χ4v) is 4.66. The summed E-state index contributed by atoms with van der Waals surface area (Å²) in [6.07, 6.45) is -1.73. The van der Waals surface area contributed by atoms with E-state index in [2.05, 4.69) is 10.6 Å². The van der Waals surface area contributed by atoms with Crippen molar-refractivity contribution in [3.8, 4) is 5.75 Å². The topological polar surface area (TPSA) is 186 Å². The molecule has 0 saturated heterocycles. The molecule has 13 nitrogen and oxygen atoms in total. The van der Waals surface area contributed by atoms with Crippen molar-refractivity contribution < 1.29 is 44.0 Å². The van der Waals surface area contributed by atoms with E-state index in [-0.39, 0.29) is 24.2 Å². The monoisotopic (exact) mass is 556 g/mol. The number of carboxylic acids is 1. The third-order valence-corrected chi connectivity index (χ3v) is 6.40. The van der Waals surface area contributed by atoms with Gasteiger partial charge in [-0.15, -0.1) is 0 Å². The number of para-hydroxylation sites is 2. The van der Waals surface area contributed by atoms with Gasteiger partial charge in [0, 0.05) is 0 Å². The summed E-state index contributed by atoms with van der Waals surface area (Å²) in [5.41, 5.74) is 2.33. The van der Waals surface area contributed by atoms with Gasteiger partial charge in [-0.3, -0.25) is 29.4 Å². The molecule has 0 aliphatic carbocycles. The molecular formula is C27H32N4O9. The maximum Gasteiger partial charge on any atom is 0.305 e. The van der Waals surface area contributed by atoms with E-state index in [1.54, 1.807) is 38.1 Å². The van der Waals surface area contributed by atoms with Crippen LogP contribution in [0.1, 0.15) is 29.3 Å². The first kappa shape index (κ1) is 30.2. The number of methoxy groups -OCH3 is 1. The van der Waals surface area contributed by atoms with Gasteiger partial charge in [0.05, 0.1) is 37.5 Å². The van der Waals surface area contributed by atoms with Crippen molar-refractivity contribution in [1.29, 1.82) is 0 Å². The molecule has 1 aliphatic rings. The molecule has 5 N–H and O–H groups in total. The van der Waals surface area contributed by atoms with Crippen LogP contribution >= 0.6 is 0 Å². The number of hydrogen-bond donors (Lipinski definition) is 5. The average molecular weight is 557 g/mol. The molecule has 13 heteroatoms. The second-order valence-corrected chi connectivity index (χ2v) is 9.29. The number of carboxylic acid groups (broad SMARTS) is 1. The lowest BCUT2D eigenvalue weighted by molar-refractivity contribution is -0.139. The molecule has 0 aromatic heterocycles. The molecule has 3 amide bonds. The summed E-state index contributed by atoms with van der Waals surface area (Å²) in [6, 6.07) is 7.05. The van der Waals surface area contributed by atoms with Crippen molar-refractivity contribution in [3.63, 3.8) is 0 Å². The van der Waals surface area contributed by atoms with E-state index in [1.165, 1.54) is 24.1 Å². The van der Waals surface area contributed by atoms with E-state index in [9.17, 15) is 34.2 Å². The van der Waals surface area contributed by atoms with Crippen LogP contribution in [0, 0.1) is 13.8 Å². The number of hydrogen-bond acceptors (Lipinski definition) is 9. The van der Waals surface area contributed by atoms with Gasteiger partial charge in [0.1, 0.15) is 37.5 Å². The van der Waals surface area contributed by atoms with E-state index in [0.29, 0.717) is 11.3 Å². The SMILES string of the molecule is COc1c(C)cc(C(O)N[C@H]2CN(C(=O)CO)c3ccccc3N(CC(=O)N[C@H](C=O)CC(=O)O)C2=O)cc1C. The number of carbonyl (C=O) groups is 5. The van der Waals surface area contributed by atoms with Gasteiger partial charge in [-0.1, -0.05) is 12.1 Å². The quantitative estimate of drug-likeness (QED) is 0.183. The summed E-state index contributed by atoms with van der Waals surface area (Å²) in [5.74, 6) is -2.87. The number of amides is 3. The third-order valence-electron chi connectivity index (χ3n) is 6.40. The zero-order chi connectivity index (χ0) is 29.6. The smallest absolute Gasteiger partial charge is 0.305 e. The second-order valence-electron chi connectivity index (χ2n) is 9.29. The summed E-state index contributed by atoms with van der Waals surface area (Å²) >= 11 is 0. The Morgan fingerprint density at radius 3 is 2.33 bits per heavy atom. The highest BCUT2D eigenvalue weighted by Crippen LogP contribution is 2.33. The van der Waals surface area contributed by atoms with Crippen LogP contribution in [0.25, 0.3) is 0 Å². The Labute approximate surface area is 230 Å². The van der Waals surface area contributed by atoms with Crippen molar-refractivity contribution in [2.75, 3.05) is 36.6 Å². The zero-order valence-corrected chi connectivity index (χ0v) is 22.3. The van der Waals surface area contributed by atoms with Gasteiger partial charge >= 0.3 is 5.97 Å². The maximum atomic E-state index is 13.8.